The molecule has 8 N–H and O–H groups in total. The Bertz CT molecular complexity index is 1710. The highest BCUT2D eigenvalue weighted by Gasteiger charge is 2.07. The van der Waals surface area contributed by atoms with Crippen molar-refractivity contribution in [1.29, 1.82) is 10.5 Å². The summed E-state index contributed by atoms with van der Waals surface area (Å²) < 4.78 is 8.61. The van der Waals surface area contributed by atoms with Gasteiger partial charge in [0, 0.05) is 47.1 Å². The Hall–Kier alpha value is -8.94. The maximum absolute atomic E-state index is 10.2. The lowest BCUT2D eigenvalue weighted by atomic mass is 10.2. The summed E-state index contributed by atoms with van der Waals surface area (Å²) >= 11 is 0. The van der Waals surface area contributed by atoms with Gasteiger partial charge in [0.15, 0.2) is 0 Å². The number of nitrogens with two attached hydrogens (primary N) is 1. The number of carbonyl (C=O) groups is 8. The molecule has 0 aliphatic heterocycles. The number of esters is 2. The zero-order valence-electron chi connectivity index (χ0n) is 35.5. The number of carbonyl (C=O) groups excluding carboxylic acids is 3. The number of nitriles is 2. The molecule has 0 spiro atoms. The van der Waals surface area contributed by atoms with Crippen LogP contribution in [0.25, 0.3) is 6.08 Å². The normalized spacial score (nSPS) is 7.40. The number of rotatable bonds is 13. The van der Waals surface area contributed by atoms with E-state index in [4.69, 9.17) is 41.2 Å². The number of aliphatic carboxylic acids is 5. The van der Waals surface area contributed by atoms with Crippen LogP contribution in [-0.2, 0) is 47.8 Å². The van der Waals surface area contributed by atoms with Gasteiger partial charge in [-0.05, 0) is 25.5 Å². The number of aliphatic hydroxyl groups excluding tert-OH is 1. The van der Waals surface area contributed by atoms with Crippen LogP contribution in [0.3, 0.4) is 0 Å². The van der Waals surface area contributed by atoms with Crippen molar-refractivity contribution < 1.29 is 78.5 Å². The van der Waals surface area contributed by atoms with Crippen molar-refractivity contribution in [3.05, 3.63) is 167 Å². The number of carboxylic acid groups (broad SMARTS) is 5. The molecule has 0 aromatic heterocycles. The van der Waals surface area contributed by atoms with Crippen LogP contribution in [-0.4, -0.2) is 98.7 Å². The van der Waals surface area contributed by atoms with Gasteiger partial charge >= 0.3 is 41.8 Å². The fraction of sp³-hybridized carbons (Fsp3) is 0.136. The Morgan fingerprint density at radius 1 is 0.730 bits per heavy atom. The average Bonchev–Trinajstić information content (AvgIpc) is 3.25. The highest BCUT2D eigenvalue weighted by Crippen LogP contribution is 1.97. The van der Waals surface area contributed by atoms with Crippen LogP contribution in [0.2, 0.25) is 0 Å². The van der Waals surface area contributed by atoms with Gasteiger partial charge in [0.1, 0.15) is 6.61 Å². The fourth-order valence-electron chi connectivity index (χ4n) is 1.37. The summed E-state index contributed by atoms with van der Waals surface area (Å²) in [6.45, 7) is 35.5. The molecule has 0 saturated heterocycles. The van der Waals surface area contributed by atoms with Crippen LogP contribution in [0.15, 0.2) is 161 Å². The summed E-state index contributed by atoms with van der Waals surface area (Å²) in [6.07, 6.45) is 9.84. The summed E-state index contributed by atoms with van der Waals surface area (Å²) in [5.74, 6) is -7.27. The Morgan fingerprint density at radius 3 is 1.24 bits per heavy atom. The Morgan fingerprint density at radius 2 is 1.11 bits per heavy atom. The molecule has 0 unspecified atom stereocenters. The number of nitrogens with zero attached hydrogens (tertiary/aromatic N) is 2. The third-order valence-corrected chi connectivity index (χ3v) is 3.93. The number of hydrogen-bond acceptors (Lipinski definition) is 13. The quantitative estimate of drug-likeness (QED) is 0.0545. The average molecular weight is 884 g/mol. The predicted molar refractivity (Wildman–Crippen MR) is 239 cm³/mol. The molecule has 19 nitrogen and oxygen atoms in total. The van der Waals surface area contributed by atoms with Gasteiger partial charge in [-0.15, -0.1) is 0 Å². The molecule has 1 amide bonds. The van der Waals surface area contributed by atoms with E-state index in [1.165, 1.54) is 18.7 Å². The summed E-state index contributed by atoms with van der Waals surface area (Å²) in [5.41, 5.74) is 6.40. The maximum Gasteiger partial charge on any atom is 0.332 e. The van der Waals surface area contributed by atoms with Crippen molar-refractivity contribution >= 4 is 53.8 Å². The zero-order valence-corrected chi connectivity index (χ0v) is 35.5. The van der Waals surface area contributed by atoms with E-state index in [0.29, 0.717) is 23.3 Å². The Labute approximate surface area is 367 Å². The number of benzene rings is 1. The minimum absolute atomic E-state index is 0.0465. The molecule has 0 radical (unpaired) electrons. The SMILES string of the molecule is C=C(C)C#N.C=C(C)C(=O)OC.C=C(CC(=O)O)C(=O)O.C=CC#N.C=CC(=O)O.C=CC(=O)OCCO.C=CC(N)=O.C=CC=C.C=Cc1ccccc1.O=C(O)/C=C\C(=O)O. The van der Waals surface area contributed by atoms with E-state index in [-0.39, 0.29) is 24.8 Å². The topological polar surface area (TPSA) is 350 Å². The number of aliphatic hydroxyl groups is 1. The molecule has 0 fully saturated rings. The molecule has 0 heterocycles. The first-order valence-electron chi connectivity index (χ1n) is 16.4. The van der Waals surface area contributed by atoms with Crippen molar-refractivity contribution in [3.8, 4) is 12.1 Å². The molecule has 1 rings (SSSR count). The molecular weight excluding hydrogens is 826 g/mol. The summed E-state index contributed by atoms with van der Waals surface area (Å²) in [5, 5.41) is 62.7. The Kier molecular flexibility index (Phi) is 74.1. The van der Waals surface area contributed by atoms with Crippen molar-refractivity contribution in [1.82, 2.24) is 0 Å². The van der Waals surface area contributed by atoms with E-state index >= 15 is 0 Å². The van der Waals surface area contributed by atoms with Gasteiger partial charge in [0.2, 0.25) is 5.91 Å². The first-order chi connectivity index (χ1) is 29.2. The highest BCUT2D eigenvalue weighted by molar-refractivity contribution is 5.91. The van der Waals surface area contributed by atoms with Crippen LogP contribution in [0.5, 0.6) is 0 Å². The molecule has 0 atom stereocenters. The standard InChI is InChI=1S/C8H8.C5H6O4.C5H8O3.C5H8O2.C4H5N.C4H4O4.C4H6.C3H5NO.C3H3N.C3H4O2/c1-2-8-6-4-3-5-7-8;1-3(5(8)9)2-4(6)7;1-2-5(7)8-4-3-6;1-4(2)5(6)7-3;1-4(2)3-5;5-3(6)1-2-4(7)8;1-3-4-2;1-2-3(4)5;1-2-3-4;1-2-3(4)5/h2-7H,1H2;1-2H2,(H,6,7)(H,8,9);2,6H,1,3-4H2;1H2,2-3H3;1H2,2H3;1-2H,(H,5,6)(H,7,8);3-4H,1-2H2;2H,1H2,(H2,4,5);2H,1H2;2H,1H2,(H,4,5)/b;;;;;2-1-;;;;. The van der Waals surface area contributed by atoms with E-state index in [2.05, 4.69) is 81.0 Å². The van der Waals surface area contributed by atoms with Gasteiger partial charge in [-0.25, -0.2) is 28.8 Å². The van der Waals surface area contributed by atoms with E-state index in [1.807, 2.05) is 42.5 Å². The lowest BCUT2D eigenvalue weighted by Crippen LogP contribution is -2.04. The third kappa shape index (κ3) is 119. The monoisotopic (exact) mass is 883 g/mol. The molecule has 1 aromatic rings. The minimum Gasteiger partial charge on any atom is -0.481 e. The van der Waals surface area contributed by atoms with Crippen LogP contribution in [0.1, 0.15) is 25.8 Å². The summed E-state index contributed by atoms with van der Waals surface area (Å²) in [6, 6.07) is 13.6. The van der Waals surface area contributed by atoms with Crippen LogP contribution in [0, 0.1) is 22.7 Å². The second kappa shape index (κ2) is 62.3. The summed E-state index contributed by atoms with van der Waals surface area (Å²) in [7, 11) is 1.33. The molecule has 0 bridgehead atoms. The molecular formula is C44H57N3O16. The van der Waals surface area contributed by atoms with Gasteiger partial charge in [-0.2, -0.15) is 10.5 Å². The van der Waals surface area contributed by atoms with E-state index in [0.717, 1.165) is 18.2 Å². The second-order valence-corrected chi connectivity index (χ2v) is 9.32. The highest BCUT2D eigenvalue weighted by atomic mass is 16.5. The van der Waals surface area contributed by atoms with Crippen molar-refractivity contribution in [3.63, 3.8) is 0 Å². The number of methoxy groups -OCH3 is 1. The first kappa shape index (κ1) is 75.0. The lowest BCUT2D eigenvalue weighted by molar-refractivity contribution is -0.139. The van der Waals surface area contributed by atoms with Gasteiger partial charge in [0.25, 0.3) is 0 Å². The van der Waals surface area contributed by atoms with Crippen LogP contribution >= 0.6 is 0 Å². The zero-order chi connectivity index (χ0) is 51.8. The number of ether oxygens (including phenoxy) is 2. The molecule has 1 aromatic carbocycles. The van der Waals surface area contributed by atoms with E-state index in [9.17, 15) is 38.4 Å². The number of amides is 1. The van der Waals surface area contributed by atoms with E-state index < -0.39 is 48.1 Å². The van der Waals surface area contributed by atoms with Crippen molar-refractivity contribution in [2.24, 2.45) is 5.73 Å². The Balaban J connectivity index is -0.0000000744. The minimum atomic E-state index is -1.27. The first-order valence-corrected chi connectivity index (χ1v) is 16.4. The number of hydrogen-bond donors (Lipinski definition) is 7. The number of allylic oxidation sites excluding steroid dienone is 4. The van der Waals surface area contributed by atoms with Gasteiger partial charge in [-0.1, -0.05) is 114 Å². The van der Waals surface area contributed by atoms with Gasteiger partial charge in [-0.3, -0.25) is 9.59 Å². The number of primary amides is 1. The van der Waals surface area contributed by atoms with Gasteiger partial charge < -0.3 is 45.8 Å². The van der Waals surface area contributed by atoms with Crippen molar-refractivity contribution in [2.75, 3.05) is 20.3 Å². The largest absolute Gasteiger partial charge is 0.481 e. The van der Waals surface area contributed by atoms with Crippen LogP contribution in [0.4, 0.5) is 0 Å². The summed E-state index contributed by atoms with van der Waals surface area (Å²) in [4.78, 5) is 77.8. The number of carboxylic acids is 5. The van der Waals surface area contributed by atoms with Gasteiger partial charge in [0.05, 0.1) is 32.3 Å². The molecule has 19 heteroatoms. The molecule has 0 aliphatic rings. The third-order valence-electron chi connectivity index (χ3n) is 3.93. The molecule has 63 heavy (non-hydrogen) atoms. The van der Waals surface area contributed by atoms with Crippen LogP contribution < -0.4 is 5.73 Å². The molecule has 0 aliphatic carbocycles. The van der Waals surface area contributed by atoms with Crippen molar-refractivity contribution in [2.45, 2.75) is 20.3 Å². The van der Waals surface area contributed by atoms with E-state index in [1.54, 1.807) is 32.1 Å². The molecule has 344 valence electrons. The maximum atomic E-state index is 10.2. The molecule has 0 saturated carbocycles. The smallest absolute Gasteiger partial charge is 0.332 e. The fourth-order valence-corrected chi connectivity index (χ4v) is 1.37. The second-order valence-electron chi connectivity index (χ2n) is 9.32. The lowest BCUT2D eigenvalue weighted by Gasteiger charge is -1.94. The predicted octanol–water partition coefficient (Wildman–Crippen LogP) is 5.64.